The van der Waals surface area contributed by atoms with Crippen molar-refractivity contribution in [1.82, 2.24) is 0 Å². The third kappa shape index (κ3) is 4.08. The lowest BCUT2D eigenvalue weighted by molar-refractivity contribution is -0.0435. The van der Waals surface area contributed by atoms with Crippen molar-refractivity contribution in [3.63, 3.8) is 0 Å². The van der Waals surface area contributed by atoms with Crippen LogP contribution in [0.5, 0.6) is 0 Å². The van der Waals surface area contributed by atoms with Crippen molar-refractivity contribution in [2.24, 2.45) is 5.14 Å². The molecule has 1 rings (SSSR count). The van der Waals surface area contributed by atoms with Gasteiger partial charge in [0.25, 0.3) is 9.84 Å². The molecule has 0 amide bonds. The highest BCUT2D eigenvalue weighted by molar-refractivity contribution is 7.92. The minimum Gasteiger partial charge on any atom is -0.383 e. The van der Waals surface area contributed by atoms with Gasteiger partial charge in [-0.2, -0.15) is 13.2 Å². The second-order valence-electron chi connectivity index (χ2n) is 3.74. The summed E-state index contributed by atoms with van der Waals surface area (Å²) in [6.07, 6.45) is 0. The number of nitrogens with one attached hydrogen (secondary N) is 1. The molecule has 6 nitrogen and oxygen atoms in total. The number of primary sulfonamides is 1. The van der Waals surface area contributed by atoms with E-state index in [1.807, 2.05) is 0 Å². The summed E-state index contributed by atoms with van der Waals surface area (Å²) in [7, 11) is -9.32. The second-order valence-corrected chi connectivity index (χ2v) is 7.38. The van der Waals surface area contributed by atoms with Crippen molar-refractivity contribution in [2.75, 3.05) is 17.6 Å². The normalized spacial score (nSPS) is 13.2. The SMILES string of the molecule is NS(=O)(=O)CCNc1ccccc1S(=O)(=O)C(F)(F)F. The summed E-state index contributed by atoms with van der Waals surface area (Å²) in [5, 5.41) is 7.04. The van der Waals surface area contributed by atoms with Crippen molar-refractivity contribution in [2.45, 2.75) is 10.4 Å². The molecule has 20 heavy (non-hydrogen) atoms. The van der Waals surface area contributed by atoms with Crippen LogP contribution in [-0.2, 0) is 19.9 Å². The van der Waals surface area contributed by atoms with Gasteiger partial charge >= 0.3 is 5.51 Å². The monoisotopic (exact) mass is 332 g/mol. The van der Waals surface area contributed by atoms with Crippen LogP contribution in [0.25, 0.3) is 0 Å². The van der Waals surface area contributed by atoms with Crippen LogP contribution in [0.1, 0.15) is 0 Å². The summed E-state index contributed by atoms with van der Waals surface area (Å²) in [5.74, 6) is -0.548. The topological polar surface area (TPSA) is 106 Å². The summed E-state index contributed by atoms with van der Waals surface area (Å²) in [6, 6.07) is 4.32. The largest absolute Gasteiger partial charge is 0.501 e. The van der Waals surface area contributed by atoms with Gasteiger partial charge in [0.2, 0.25) is 10.0 Å². The molecular weight excluding hydrogens is 321 g/mol. The number of nitrogens with two attached hydrogens (primary N) is 1. The predicted octanol–water partition coefficient (Wildman–Crippen LogP) is 0.681. The number of para-hydroxylation sites is 1. The molecular formula is C9H11F3N2O4S2. The van der Waals surface area contributed by atoms with E-state index in [-0.39, 0.29) is 12.2 Å². The zero-order chi connectivity index (χ0) is 15.6. The maximum atomic E-state index is 12.5. The summed E-state index contributed by atoms with van der Waals surface area (Å²) < 4.78 is 81.5. The molecule has 0 aromatic heterocycles. The lowest BCUT2D eigenvalue weighted by Gasteiger charge is -2.13. The Morgan fingerprint density at radius 3 is 2.15 bits per heavy atom. The Balaban J connectivity index is 3.07. The fourth-order valence-corrected chi connectivity index (χ4v) is 2.62. The predicted molar refractivity (Wildman–Crippen MR) is 66.1 cm³/mol. The fraction of sp³-hybridized carbons (Fsp3) is 0.333. The van der Waals surface area contributed by atoms with Gasteiger partial charge in [-0.15, -0.1) is 0 Å². The number of hydrogen-bond donors (Lipinski definition) is 2. The van der Waals surface area contributed by atoms with Gasteiger partial charge in [-0.3, -0.25) is 0 Å². The zero-order valence-electron chi connectivity index (χ0n) is 9.88. The van der Waals surface area contributed by atoms with Crippen LogP contribution >= 0.6 is 0 Å². The van der Waals surface area contributed by atoms with E-state index in [2.05, 4.69) is 5.32 Å². The quantitative estimate of drug-likeness (QED) is 0.825. The first-order valence-electron chi connectivity index (χ1n) is 5.10. The highest BCUT2D eigenvalue weighted by atomic mass is 32.2. The second kappa shape index (κ2) is 5.58. The number of alkyl halides is 3. The molecule has 0 radical (unpaired) electrons. The number of hydrogen-bond acceptors (Lipinski definition) is 5. The minimum absolute atomic E-state index is 0.316. The van der Waals surface area contributed by atoms with Crippen LogP contribution in [0.2, 0.25) is 0 Å². The number of rotatable bonds is 5. The molecule has 1 aromatic rings. The summed E-state index contributed by atoms with van der Waals surface area (Å²) >= 11 is 0. The molecule has 0 aliphatic heterocycles. The highest BCUT2D eigenvalue weighted by Crippen LogP contribution is 2.34. The van der Waals surface area contributed by atoms with E-state index in [1.165, 1.54) is 6.07 Å². The molecule has 11 heteroatoms. The van der Waals surface area contributed by atoms with Gasteiger partial charge in [-0.05, 0) is 12.1 Å². The molecule has 0 spiro atoms. The Hall–Kier alpha value is -1.33. The molecule has 0 heterocycles. The smallest absolute Gasteiger partial charge is 0.383 e. The Morgan fingerprint density at radius 1 is 1.10 bits per heavy atom. The Labute approximate surface area is 113 Å². The van der Waals surface area contributed by atoms with Crippen LogP contribution < -0.4 is 10.5 Å². The molecule has 0 unspecified atom stereocenters. The molecule has 0 aliphatic carbocycles. The van der Waals surface area contributed by atoms with Gasteiger partial charge in [0, 0.05) is 6.54 Å². The molecule has 0 bridgehead atoms. The van der Waals surface area contributed by atoms with Crippen LogP contribution in [0, 0.1) is 0 Å². The average Bonchev–Trinajstić information content (AvgIpc) is 2.26. The van der Waals surface area contributed by atoms with E-state index in [0.29, 0.717) is 0 Å². The van der Waals surface area contributed by atoms with Gasteiger partial charge in [-0.25, -0.2) is 22.0 Å². The first-order valence-corrected chi connectivity index (χ1v) is 8.30. The van der Waals surface area contributed by atoms with E-state index in [1.54, 1.807) is 0 Å². The van der Waals surface area contributed by atoms with E-state index in [0.717, 1.165) is 18.2 Å². The van der Waals surface area contributed by atoms with Gasteiger partial charge in [0.1, 0.15) is 0 Å². The van der Waals surface area contributed by atoms with Gasteiger partial charge in [0.15, 0.2) is 0 Å². The summed E-state index contributed by atoms with van der Waals surface area (Å²) in [6.45, 7) is -0.316. The lowest BCUT2D eigenvalue weighted by atomic mass is 10.3. The molecule has 0 saturated heterocycles. The first kappa shape index (κ1) is 16.7. The first-order chi connectivity index (χ1) is 8.95. The Bertz CT molecular complexity index is 683. The molecule has 0 atom stereocenters. The Morgan fingerprint density at radius 2 is 1.65 bits per heavy atom. The van der Waals surface area contributed by atoms with Crippen molar-refractivity contribution in [3.8, 4) is 0 Å². The van der Waals surface area contributed by atoms with Crippen molar-refractivity contribution in [1.29, 1.82) is 0 Å². The standard InChI is InChI=1S/C9H11F3N2O4S2/c10-9(11,12)20(17,18)8-4-2-1-3-7(8)14-5-6-19(13,15)16/h1-4,14H,5-6H2,(H2,13,15,16). The number of sulfone groups is 1. The third-order valence-corrected chi connectivity index (χ3v) is 4.50. The van der Waals surface area contributed by atoms with Crippen molar-refractivity contribution < 1.29 is 30.0 Å². The van der Waals surface area contributed by atoms with Crippen LogP contribution in [0.15, 0.2) is 29.2 Å². The molecule has 0 fully saturated rings. The summed E-state index contributed by atoms with van der Waals surface area (Å²) in [4.78, 5) is -0.970. The molecule has 1 aromatic carbocycles. The van der Waals surface area contributed by atoms with Crippen LogP contribution in [0.4, 0.5) is 18.9 Å². The number of halogens is 3. The van der Waals surface area contributed by atoms with Gasteiger partial charge in [0.05, 0.1) is 16.3 Å². The zero-order valence-corrected chi connectivity index (χ0v) is 11.5. The number of anilines is 1. The fourth-order valence-electron chi connectivity index (χ4n) is 1.30. The van der Waals surface area contributed by atoms with Crippen LogP contribution in [0.3, 0.4) is 0 Å². The van der Waals surface area contributed by atoms with Crippen molar-refractivity contribution >= 4 is 25.5 Å². The molecule has 114 valence electrons. The minimum atomic E-state index is -5.52. The molecule has 0 aliphatic rings. The van der Waals surface area contributed by atoms with Crippen molar-refractivity contribution in [3.05, 3.63) is 24.3 Å². The lowest BCUT2D eigenvalue weighted by Crippen LogP contribution is -2.26. The number of benzene rings is 1. The Kier molecular flexibility index (Phi) is 4.66. The van der Waals surface area contributed by atoms with E-state index >= 15 is 0 Å². The number of sulfonamides is 1. The van der Waals surface area contributed by atoms with Crippen LogP contribution in [-0.4, -0.2) is 34.6 Å². The third-order valence-electron chi connectivity index (χ3n) is 2.18. The average molecular weight is 332 g/mol. The van der Waals surface area contributed by atoms with E-state index < -0.39 is 36.0 Å². The molecule has 3 N–H and O–H groups in total. The van der Waals surface area contributed by atoms with Gasteiger partial charge in [-0.1, -0.05) is 12.1 Å². The van der Waals surface area contributed by atoms with E-state index in [9.17, 15) is 30.0 Å². The summed E-state index contributed by atoms with van der Waals surface area (Å²) in [5.41, 5.74) is -5.78. The highest BCUT2D eigenvalue weighted by Gasteiger charge is 2.47. The van der Waals surface area contributed by atoms with Gasteiger partial charge < -0.3 is 5.32 Å². The van der Waals surface area contributed by atoms with E-state index in [4.69, 9.17) is 5.14 Å². The maximum Gasteiger partial charge on any atom is 0.501 e. The maximum absolute atomic E-state index is 12.5. The molecule has 0 saturated carbocycles.